The van der Waals surface area contributed by atoms with E-state index in [0.29, 0.717) is 5.92 Å². The Hall–Kier alpha value is -1.55. The molecule has 1 aliphatic heterocycles. The molecule has 0 spiro atoms. The Labute approximate surface area is 101 Å². The average molecular weight is 228 g/mol. The summed E-state index contributed by atoms with van der Waals surface area (Å²) in [6, 6.07) is 2.08. The van der Waals surface area contributed by atoms with E-state index < -0.39 is 0 Å². The van der Waals surface area contributed by atoms with Gasteiger partial charge in [-0.2, -0.15) is 0 Å². The zero-order valence-corrected chi connectivity index (χ0v) is 9.98. The van der Waals surface area contributed by atoms with E-state index in [9.17, 15) is 0 Å². The summed E-state index contributed by atoms with van der Waals surface area (Å²) in [7, 11) is 0. The summed E-state index contributed by atoms with van der Waals surface area (Å²) >= 11 is 0. The second-order valence-corrected chi connectivity index (χ2v) is 4.66. The van der Waals surface area contributed by atoms with Crippen molar-refractivity contribution in [3.05, 3.63) is 29.8 Å². The highest BCUT2D eigenvalue weighted by molar-refractivity contribution is 5.77. The van der Waals surface area contributed by atoms with Crippen LogP contribution in [0.4, 0.5) is 0 Å². The predicted octanol–water partition coefficient (Wildman–Crippen LogP) is 1.80. The molecule has 0 atom stereocenters. The van der Waals surface area contributed by atoms with Gasteiger partial charge in [-0.1, -0.05) is 0 Å². The Kier molecular flexibility index (Phi) is 2.73. The number of piperidine rings is 1. The van der Waals surface area contributed by atoms with Gasteiger partial charge >= 0.3 is 0 Å². The van der Waals surface area contributed by atoms with E-state index >= 15 is 0 Å². The van der Waals surface area contributed by atoms with Crippen molar-refractivity contribution in [1.29, 1.82) is 0 Å². The molecule has 1 aliphatic rings. The van der Waals surface area contributed by atoms with Crippen LogP contribution in [0.2, 0.25) is 0 Å². The molecule has 4 heteroatoms. The van der Waals surface area contributed by atoms with Gasteiger partial charge in [0, 0.05) is 12.1 Å². The number of pyridine rings is 1. The number of rotatable bonds is 1. The lowest BCUT2D eigenvalue weighted by molar-refractivity contribution is 0.455. The van der Waals surface area contributed by atoms with Crippen LogP contribution in [-0.4, -0.2) is 28.0 Å². The number of nitrogens with one attached hydrogen (secondary N) is 1. The van der Waals surface area contributed by atoms with Gasteiger partial charge in [-0.05, 0) is 44.5 Å². The van der Waals surface area contributed by atoms with Crippen LogP contribution in [0.25, 0.3) is 11.0 Å². The van der Waals surface area contributed by atoms with E-state index in [2.05, 4.69) is 26.3 Å². The maximum Gasteiger partial charge on any atom is 0.116 e. The maximum absolute atomic E-state index is 4.51. The third-order valence-electron chi connectivity index (χ3n) is 3.37. The molecule has 1 fully saturated rings. The zero-order chi connectivity index (χ0) is 11.7. The van der Waals surface area contributed by atoms with E-state index in [0.717, 1.165) is 48.2 Å². The highest BCUT2D eigenvalue weighted by atomic mass is 14.9. The summed E-state index contributed by atoms with van der Waals surface area (Å²) in [5.74, 6) is 0.525. The maximum atomic E-state index is 4.51. The fraction of sp³-hybridized carbons (Fsp3) is 0.462. The van der Waals surface area contributed by atoms with Crippen molar-refractivity contribution in [1.82, 2.24) is 20.3 Å². The molecular weight excluding hydrogens is 212 g/mol. The molecule has 4 nitrogen and oxygen atoms in total. The number of aromatic nitrogens is 3. The molecule has 0 unspecified atom stereocenters. The summed E-state index contributed by atoms with van der Waals surface area (Å²) in [5, 5.41) is 3.38. The van der Waals surface area contributed by atoms with Gasteiger partial charge in [-0.15, -0.1) is 0 Å². The molecule has 17 heavy (non-hydrogen) atoms. The SMILES string of the molecule is Cc1cnc2c(C3CCNCC3)ncnc2c1. The molecule has 0 radical (unpaired) electrons. The van der Waals surface area contributed by atoms with Gasteiger partial charge in [-0.25, -0.2) is 9.97 Å². The normalized spacial score (nSPS) is 17.5. The lowest BCUT2D eigenvalue weighted by Gasteiger charge is -2.22. The summed E-state index contributed by atoms with van der Waals surface area (Å²) in [4.78, 5) is 13.3. The van der Waals surface area contributed by atoms with Crippen LogP contribution in [0.3, 0.4) is 0 Å². The molecule has 88 valence electrons. The molecule has 1 saturated heterocycles. The van der Waals surface area contributed by atoms with Gasteiger partial charge in [0.05, 0.1) is 11.2 Å². The van der Waals surface area contributed by atoms with Crippen molar-refractivity contribution in [3.8, 4) is 0 Å². The minimum Gasteiger partial charge on any atom is -0.317 e. The van der Waals surface area contributed by atoms with Crippen molar-refractivity contribution < 1.29 is 0 Å². The minimum absolute atomic E-state index is 0.525. The van der Waals surface area contributed by atoms with E-state index in [1.54, 1.807) is 6.33 Å². The van der Waals surface area contributed by atoms with Crippen LogP contribution >= 0.6 is 0 Å². The third kappa shape index (κ3) is 2.00. The second kappa shape index (κ2) is 4.37. The summed E-state index contributed by atoms with van der Waals surface area (Å²) < 4.78 is 0. The first kappa shape index (κ1) is 10.6. The standard InChI is InChI=1S/C13H16N4/c1-9-6-11-13(15-7-9)12(17-8-16-11)10-2-4-14-5-3-10/h6-8,10,14H,2-5H2,1H3. The fourth-order valence-electron chi connectivity index (χ4n) is 2.46. The first-order valence-electron chi connectivity index (χ1n) is 6.12. The molecule has 3 rings (SSSR count). The number of fused-ring (bicyclic) bond motifs is 1. The molecule has 2 aromatic rings. The highest BCUT2D eigenvalue weighted by Gasteiger charge is 2.19. The van der Waals surface area contributed by atoms with Crippen LogP contribution in [0, 0.1) is 6.92 Å². The number of hydrogen-bond donors (Lipinski definition) is 1. The van der Waals surface area contributed by atoms with Crippen molar-refractivity contribution in [3.63, 3.8) is 0 Å². The van der Waals surface area contributed by atoms with Crippen molar-refractivity contribution >= 4 is 11.0 Å². The van der Waals surface area contributed by atoms with Crippen molar-refractivity contribution in [2.45, 2.75) is 25.7 Å². The number of hydrogen-bond acceptors (Lipinski definition) is 4. The molecule has 2 aromatic heterocycles. The van der Waals surface area contributed by atoms with E-state index in [1.807, 2.05) is 13.1 Å². The molecule has 1 N–H and O–H groups in total. The Morgan fingerprint density at radius 1 is 1.18 bits per heavy atom. The van der Waals surface area contributed by atoms with Gasteiger partial charge in [0.25, 0.3) is 0 Å². The Balaban J connectivity index is 2.09. The summed E-state index contributed by atoms with van der Waals surface area (Å²) in [5.41, 5.74) is 4.21. The van der Waals surface area contributed by atoms with Gasteiger partial charge in [0.2, 0.25) is 0 Å². The Bertz CT molecular complexity index is 532. The Morgan fingerprint density at radius 3 is 2.82 bits per heavy atom. The molecule has 0 saturated carbocycles. The minimum atomic E-state index is 0.525. The second-order valence-electron chi connectivity index (χ2n) is 4.66. The molecule has 0 aliphatic carbocycles. The smallest absolute Gasteiger partial charge is 0.116 e. The predicted molar refractivity (Wildman–Crippen MR) is 66.9 cm³/mol. The van der Waals surface area contributed by atoms with E-state index in [1.165, 1.54) is 0 Å². The van der Waals surface area contributed by atoms with Gasteiger partial charge in [0.1, 0.15) is 11.8 Å². The average Bonchev–Trinajstić information content (AvgIpc) is 2.39. The zero-order valence-electron chi connectivity index (χ0n) is 9.98. The van der Waals surface area contributed by atoms with E-state index in [4.69, 9.17) is 0 Å². The molecule has 3 heterocycles. The number of aryl methyl sites for hydroxylation is 1. The summed E-state index contributed by atoms with van der Waals surface area (Å²) in [6.45, 7) is 4.18. The monoisotopic (exact) mass is 228 g/mol. The molecule has 0 bridgehead atoms. The van der Waals surface area contributed by atoms with Crippen LogP contribution in [0.1, 0.15) is 30.0 Å². The molecular formula is C13H16N4. The lowest BCUT2D eigenvalue weighted by Crippen LogP contribution is -2.27. The fourth-order valence-corrected chi connectivity index (χ4v) is 2.46. The first-order chi connectivity index (χ1) is 8.34. The molecule has 0 amide bonds. The van der Waals surface area contributed by atoms with Gasteiger partial charge < -0.3 is 5.32 Å². The van der Waals surface area contributed by atoms with Gasteiger partial charge in [0.15, 0.2) is 0 Å². The van der Waals surface area contributed by atoms with Crippen LogP contribution in [0.5, 0.6) is 0 Å². The van der Waals surface area contributed by atoms with E-state index in [-0.39, 0.29) is 0 Å². The quantitative estimate of drug-likeness (QED) is 0.808. The Morgan fingerprint density at radius 2 is 2.00 bits per heavy atom. The van der Waals surface area contributed by atoms with Crippen molar-refractivity contribution in [2.75, 3.05) is 13.1 Å². The third-order valence-corrected chi connectivity index (χ3v) is 3.37. The van der Waals surface area contributed by atoms with Crippen LogP contribution in [0.15, 0.2) is 18.6 Å². The lowest BCUT2D eigenvalue weighted by atomic mass is 9.93. The molecule has 0 aromatic carbocycles. The highest BCUT2D eigenvalue weighted by Crippen LogP contribution is 2.27. The van der Waals surface area contributed by atoms with Crippen LogP contribution < -0.4 is 5.32 Å². The number of nitrogens with zero attached hydrogens (tertiary/aromatic N) is 3. The largest absolute Gasteiger partial charge is 0.317 e. The summed E-state index contributed by atoms with van der Waals surface area (Å²) in [6.07, 6.45) is 5.85. The topological polar surface area (TPSA) is 50.7 Å². The first-order valence-corrected chi connectivity index (χ1v) is 6.12. The van der Waals surface area contributed by atoms with Crippen molar-refractivity contribution in [2.24, 2.45) is 0 Å². The van der Waals surface area contributed by atoms with Gasteiger partial charge in [-0.3, -0.25) is 4.98 Å². The van der Waals surface area contributed by atoms with Crippen LogP contribution in [-0.2, 0) is 0 Å².